The van der Waals surface area contributed by atoms with Crippen LogP contribution in [0.2, 0.25) is 0 Å². The van der Waals surface area contributed by atoms with Gasteiger partial charge in [0.1, 0.15) is 0 Å². The predicted octanol–water partition coefficient (Wildman–Crippen LogP) is 2.41. The van der Waals surface area contributed by atoms with E-state index in [2.05, 4.69) is 25.7 Å². The van der Waals surface area contributed by atoms with Crippen molar-refractivity contribution in [2.75, 3.05) is 17.0 Å². The molecule has 0 fully saturated rings. The van der Waals surface area contributed by atoms with Gasteiger partial charge in [-0.3, -0.25) is 5.43 Å². The third-order valence-electron chi connectivity index (χ3n) is 2.41. The normalized spacial score (nSPS) is 10.5. The second-order valence-corrected chi connectivity index (χ2v) is 5.31. The van der Waals surface area contributed by atoms with Gasteiger partial charge in [-0.1, -0.05) is 6.07 Å². The quantitative estimate of drug-likeness (QED) is 0.425. The van der Waals surface area contributed by atoms with Gasteiger partial charge < -0.3 is 10.1 Å². The highest BCUT2D eigenvalue weighted by Gasteiger charge is 2.09. The average molecular weight is 306 g/mol. The van der Waals surface area contributed by atoms with E-state index in [-0.39, 0.29) is 18.1 Å². The number of aromatic nitrogens is 3. The predicted molar refractivity (Wildman–Crippen MR) is 84.9 cm³/mol. The fourth-order valence-corrected chi connectivity index (χ4v) is 2.03. The summed E-state index contributed by atoms with van der Waals surface area (Å²) in [7, 11) is 0. The van der Waals surface area contributed by atoms with E-state index in [0.717, 1.165) is 10.6 Å². The zero-order valence-electron chi connectivity index (χ0n) is 12.1. The van der Waals surface area contributed by atoms with Crippen molar-refractivity contribution >= 4 is 29.3 Å². The summed E-state index contributed by atoms with van der Waals surface area (Å²) in [6, 6.07) is 8.15. The molecule has 1 heterocycles. The molecule has 0 aliphatic rings. The van der Waals surface area contributed by atoms with E-state index in [1.165, 1.54) is 0 Å². The van der Waals surface area contributed by atoms with Gasteiger partial charge in [-0.25, -0.2) is 5.84 Å². The molecule has 0 aliphatic heterocycles. The second-order valence-electron chi connectivity index (χ2n) is 4.43. The van der Waals surface area contributed by atoms with Crippen molar-refractivity contribution in [2.45, 2.75) is 24.8 Å². The highest BCUT2D eigenvalue weighted by molar-refractivity contribution is 7.98. The van der Waals surface area contributed by atoms with Crippen LogP contribution in [0.25, 0.3) is 0 Å². The number of anilines is 3. The second kappa shape index (κ2) is 7.09. The number of hydrogen-bond donors (Lipinski definition) is 3. The third kappa shape index (κ3) is 4.47. The van der Waals surface area contributed by atoms with Crippen LogP contribution < -0.4 is 21.3 Å². The Morgan fingerprint density at radius 1 is 1.19 bits per heavy atom. The summed E-state index contributed by atoms with van der Waals surface area (Å²) < 4.78 is 5.48. The molecule has 0 spiro atoms. The van der Waals surface area contributed by atoms with Gasteiger partial charge in [-0.15, -0.1) is 11.8 Å². The number of hydrazine groups is 1. The van der Waals surface area contributed by atoms with Crippen LogP contribution in [-0.4, -0.2) is 27.3 Å². The molecule has 1 aromatic heterocycles. The van der Waals surface area contributed by atoms with Crippen LogP contribution in [0.15, 0.2) is 29.2 Å². The topological polar surface area (TPSA) is 98.0 Å². The lowest BCUT2D eigenvalue weighted by molar-refractivity contribution is 0.222. The molecule has 7 nitrogen and oxygen atoms in total. The highest BCUT2D eigenvalue weighted by Crippen LogP contribution is 2.22. The first kappa shape index (κ1) is 15.3. The first-order valence-corrected chi connectivity index (χ1v) is 7.63. The Balaban J connectivity index is 2.25. The molecule has 0 atom stereocenters. The molecule has 1 aromatic carbocycles. The molecular weight excluding hydrogens is 288 g/mol. The van der Waals surface area contributed by atoms with Gasteiger partial charge in [-0.05, 0) is 38.3 Å². The van der Waals surface area contributed by atoms with E-state index in [9.17, 15) is 0 Å². The molecule has 4 N–H and O–H groups in total. The van der Waals surface area contributed by atoms with Crippen molar-refractivity contribution in [1.29, 1.82) is 0 Å². The lowest BCUT2D eigenvalue weighted by Crippen LogP contribution is -2.15. The molecule has 0 aliphatic carbocycles. The SMILES string of the molecule is CSc1cccc(Nc2nc(NN)nc(OC(C)C)n2)c1. The maximum atomic E-state index is 5.48. The number of rotatable bonds is 6. The summed E-state index contributed by atoms with van der Waals surface area (Å²) >= 11 is 1.66. The van der Waals surface area contributed by atoms with Crippen LogP contribution in [0.3, 0.4) is 0 Å². The van der Waals surface area contributed by atoms with E-state index >= 15 is 0 Å². The van der Waals surface area contributed by atoms with Crippen molar-refractivity contribution in [1.82, 2.24) is 15.0 Å². The minimum atomic E-state index is -0.0364. The highest BCUT2D eigenvalue weighted by atomic mass is 32.2. The number of thioether (sulfide) groups is 1. The summed E-state index contributed by atoms with van der Waals surface area (Å²) in [4.78, 5) is 13.6. The lowest BCUT2D eigenvalue weighted by atomic mass is 10.3. The molecule has 112 valence electrons. The van der Waals surface area contributed by atoms with Crippen LogP contribution in [0.4, 0.5) is 17.6 Å². The Labute approximate surface area is 127 Å². The Kier molecular flexibility index (Phi) is 5.18. The monoisotopic (exact) mass is 306 g/mol. The Morgan fingerprint density at radius 2 is 1.95 bits per heavy atom. The van der Waals surface area contributed by atoms with Gasteiger partial charge in [0.05, 0.1) is 6.10 Å². The van der Waals surface area contributed by atoms with E-state index in [1.54, 1.807) is 11.8 Å². The minimum Gasteiger partial charge on any atom is -0.461 e. The Hall–Kier alpha value is -2.06. The van der Waals surface area contributed by atoms with Gasteiger partial charge in [0.25, 0.3) is 0 Å². The summed E-state index contributed by atoms with van der Waals surface area (Å²) in [6.45, 7) is 3.79. The first-order valence-electron chi connectivity index (χ1n) is 6.41. The lowest BCUT2D eigenvalue weighted by Gasteiger charge is -2.11. The fourth-order valence-electron chi connectivity index (χ4n) is 1.57. The van der Waals surface area contributed by atoms with Crippen LogP contribution in [0.5, 0.6) is 6.01 Å². The van der Waals surface area contributed by atoms with Gasteiger partial charge in [-0.2, -0.15) is 15.0 Å². The van der Waals surface area contributed by atoms with Gasteiger partial charge in [0.15, 0.2) is 0 Å². The van der Waals surface area contributed by atoms with Crippen molar-refractivity contribution in [3.05, 3.63) is 24.3 Å². The van der Waals surface area contributed by atoms with Crippen molar-refractivity contribution in [3.63, 3.8) is 0 Å². The zero-order valence-corrected chi connectivity index (χ0v) is 12.9. The third-order valence-corrected chi connectivity index (χ3v) is 3.14. The summed E-state index contributed by atoms with van der Waals surface area (Å²) in [5, 5.41) is 3.12. The van der Waals surface area contributed by atoms with Gasteiger partial charge >= 0.3 is 6.01 Å². The first-order chi connectivity index (χ1) is 10.1. The van der Waals surface area contributed by atoms with E-state index in [1.807, 2.05) is 44.4 Å². The van der Waals surface area contributed by atoms with Gasteiger partial charge in [0.2, 0.25) is 11.9 Å². The van der Waals surface area contributed by atoms with Gasteiger partial charge in [0, 0.05) is 10.6 Å². The summed E-state index contributed by atoms with van der Waals surface area (Å²) in [6.07, 6.45) is 1.98. The molecule has 2 rings (SSSR count). The molecule has 0 saturated heterocycles. The molecule has 0 bridgehead atoms. The number of nitrogens with one attached hydrogen (secondary N) is 2. The van der Waals surface area contributed by atoms with Crippen LogP contribution in [-0.2, 0) is 0 Å². The standard InChI is InChI=1S/C13H18N6OS/c1-8(2)20-13-17-11(16-12(18-13)19-14)15-9-5-4-6-10(7-9)21-3/h4-8H,14H2,1-3H3,(H2,15,16,17,18,19). The average Bonchev–Trinajstić information content (AvgIpc) is 2.46. The summed E-state index contributed by atoms with van der Waals surface area (Å²) in [5.41, 5.74) is 3.28. The largest absolute Gasteiger partial charge is 0.461 e. The molecule has 21 heavy (non-hydrogen) atoms. The zero-order chi connectivity index (χ0) is 15.2. The molecule has 0 unspecified atom stereocenters. The van der Waals surface area contributed by atoms with E-state index in [4.69, 9.17) is 10.6 Å². The fraction of sp³-hybridized carbons (Fsp3) is 0.308. The number of nitrogen functional groups attached to an aromatic ring is 1. The van der Waals surface area contributed by atoms with E-state index < -0.39 is 0 Å². The molecule has 0 radical (unpaired) electrons. The number of hydrogen-bond acceptors (Lipinski definition) is 8. The summed E-state index contributed by atoms with van der Waals surface area (Å²) in [5.74, 6) is 5.98. The smallest absolute Gasteiger partial charge is 0.323 e. The number of nitrogens with zero attached hydrogens (tertiary/aromatic N) is 3. The Morgan fingerprint density at radius 3 is 2.62 bits per heavy atom. The Bertz CT molecular complexity index is 607. The molecule has 2 aromatic rings. The molecule has 0 amide bonds. The van der Waals surface area contributed by atoms with Crippen LogP contribution >= 0.6 is 11.8 Å². The number of ether oxygens (including phenoxy) is 1. The number of nitrogens with two attached hydrogens (primary N) is 1. The van der Waals surface area contributed by atoms with E-state index in [0.29, 0.717) is 5.95 Å². The maximum absolute atomic E-state index is 5.48. The maximum Gasteiger partial charge on any atom is 0.323 e. The molecular formula is C13H18N6OS. The van der Waals surface area contributed by atoms with Crippen molar-refractivity contribution in [2.24, 2.45) is 5.84 Å². The van der Waals surface area contributed by atoms with Crippen LogP contribution in [0, 0.1) is 0 Å². The molecule has 0 saturated carbocycles. The van der Waals surface area contributed by atoms with Crippen molar-refractivity contribution < 1.29 is 4.74 Å². The minimum absolute atomic E-state index is 0.0364. The van der Waals surface area contributed by atoms with Crippen molar-refractivity contribution in [3.8, 4) is 6.01 Å². The number of benzene rings is 1. The van der Waals surface area contributed by atoms with Crippen LogP contribution in [0.1, 0.15) is 13.8 Å². The molecule has 8 heteroatoms.